The molecule has 0 aliphatic heterocycles. The lowest BCUT2D eigenvalue weighted by Gasteiger charge is -2.12. The summed E-state index contributed by atoms with van der Waals surface area (Å²) in [5.74, 6) is -1.12. The minimum absolute atomic E-state index is 0.481. The van der Waals surface area contributed by atoms with Crippen LogP contribution >= 0.6 is 0 Å². The zero-order valence-electron chi connectivity index (χ0n) is 9.23. The molecule has 18 heavy (non-hydrogen) atoms. The minimum Gasteiger partial charge on any atom is -0.369 e. The molecule has 0 aliphatic rings. The van der Waals surface area contributed by atoms with E-state index in [2.05, 4.69) is 0 Å². The third-order valence-electron chi connectivity index (χ3n) is 2.36. The van der Waals surface area contributed by atoms with Gasteiger partial charge in [-0.05, 0) is 25.1 Å². The molecule has 4 nitrogen and oxygen atoms in total. The van der Waals surface area contributed by atoms with Gasteiger partial charge < -0.3 is 5.73 Å². The summed E-state index contributed by atoms with van der Waals surface area (Å²) in [5, 5.41) is -1.58. The average molecular weight is 281 g/mol. The Labute approximate surface area is 102 Å². The van der Waals surface area contributed by atoms with Crippen molar-refractivity contribution in [2.24, 2.45) is 5.73 Å². The van der Waals surface area contributed by atoms with Crippen molar-refractivity contribution in [3.05, 3.63) is 29.8 Å². The van der Waals surface area contributed by atoms with Gasteiger partial charge in [-0.1, -0.05) is 6.07 Å². The van der Waals surface area contributed by atoms with Crippen LogP contribution in [-0.2, 0) is 20.8 Å². The van der Waals surface area contributed by atoms with Gasteiger partial charge in [0, 0.05) is 0 Å². The number of alkyl halides is 3. The van der Waals surface area contributed by atoms with Gasteiger partial charge in [0.1, 0.15) is 5.25 Å². The molecule has 100 valence electrons. The Balaban J connectivity index is 3.31. The lowest BCUT2D eigenvalue weighted by atomic mass is 10.2. The zero-order valence-corrected chi connectivity index (χ0v) is 10.0. The van der Waals surface area contributed by atoms with Crippen LogP contribution in [0.15, 0.2) is 29.2 Å². The SMILES string of the molecule is CC(C(N)=O)S(=O)(=O)c1cccc(C(F)(F)F)c1. The van der Waals surface area contributed by atoms with E-state index >= 15 is 0 Å². The van der Waals surface area contributed by atoms with Crippen LogP contribution in [0, 0.1) is 0 Å². The first-order valence-electron chi connectivity index (χ1n) is 4.77. The Morgan fingerprint density at radius 1 is 1.33 bits per heavy atom. The van der Waals surface area contributed by atoms with E-state index < -0.39 is 37.6 Å². The van der Waals surface area contributed by atoms with Crippen molar-refractivity contribution < 1.29 is 26.4 Å². The average Bonchev–Trinajstić information content (AvgIpc) is 2.27. The smallest absolute Gasteiger partial charge is 0.369 e. The Morgan fingerprint density at radius 2 is 1.89 bits per heavy atom. The number of primary amides is 1. The Morgan fingerprint density at radius 3 is 2.33 bits per heavy atom. The highest BCUT2D eigenvalue weighted by atomic mass is 32.2. The molecule has 1 atom stereocenters. The van der Waals surface area contributed by atoms with Crippen molar-refractivity contribution in [3.8, 4) is 0 Å². The van der Waals surface area contributed by atoms with Gasteiger partial charge in [-0.3, -0.25) is 4.79 Å². The predicted molar refractivity (Wildman–Crippen MR) is 57.3 cm³/mol. The molecule has 0 saturated heterocycles. The second-order valence-corrected chi connectivity index (χ2v) is 5.88. The molecule has 0 fully saturated rings. The van der Waals surface area contributed by atoms with Crippen LogP contribution in [0.5, 0.6) is 0 Å². The Kier molecular flexibility index (Phi) is 3.70. The van der Waals surface area contributed by atoms with Gasteiger partial charge >= 0.3 is 6.18 Å². The maximum Gasteiger partial charge on any atom is 0.416 e. The molecule has 0 heterocycles. The molecule has 0 saturated carbocycles. The zero-order chi connectivity index (χ0) is 14.1. The summed E-state index contributed by atoms with van der Waals surface area (Å²) < 4.78 is 60.9. The van der Waals surface area contributed by atoms with Crippen LogP contribution in [0.4, 0.5) is 13.2 Å². The van der Waals surface area contributed by atoms with Crippen LogP contribution in [-0.4, -0.2) is 19.6 Å². The molecule has 0 radical (unpaired) electrons. The van der Waals surface area contributed by atoms with Crippen molar-refractivity contribution in [1.29, 1.82) is 0 Å². The molecule has 1 aromatic carbocycles. The molecular weight excluding hydrogens is 271 g/mol. The fourth-order valence-corrected chi connectivity index (χ4v) is 2.48. The molecule has 1 amide bonds. The van der Waals surface area contributed by atoms with Crippen molar-refractivity contribution in [1.82, 2.24) is 0 Å². The fraction of sp³-hybridized carbons (Fsp3) is 0.300. The highest BCUT2D eigenvalue weighted by molar-refractivity contribution is 7.92. The largest absolute Gasteiger partial charge is 0.416 e. The lowest BCUT2D eigenvalue weighted by Crippen LogP contribution is -2.33. The fourth-order valence-electron chi connectivity index (χ4n) is 1.21. The number of rotatable bonds is 3. The monoisotopic (exact) mass is 281 g/mol. The molecule has 0 aliphatic carbocycles. The van der Waals surface area contributed by atoms with E-state index in [0.717, 1.165) is 25.1 Å². The highest BCUT2D eigenvalue weighted by Gasteiger charge is 2.33. The van der Waals surface area contributed by atoms with Crippen molar-refractivity contribution >= 4 is 15.7 Å². The summed E-state index contributed by atoms with van der Waals surface area (Å²) in [4.78, 5) is 10.2. The van der Waals surface area contributed by atoms with E-state index in [1.165, 1.54) is 0 Å². The summed E-state index contributed by atoms with van der Waals surface area (Å²) in [5.41, 5.74) is 3.75. The summed E-state index contributed by atoms with van der Waals surface area (Å²) >= 11 is 0. The summed E-state index contributed by atoms with van der Waals surface area (Å²) in [7, 11) is -4.20. The number of nitrogens with two attached hydrogens (primary N) is 1. The number of sulfone groups is 1. The molecule has 1 aromatic rings. The van der Waals surface area contributed by atoms with Crippen LogP contribution in [0.2, 0.25) is 0 Å². The first kappa shape index (κ1) is 14.5. The van der Waals surface area contributed by atoms with Crippen LogP contribution in [0.25, 0.3) is 0 Å². The Bertz CT molecular complexity index is 566. The van der Waals surface area contributed by atoms with Crippen molar-refractivity contribution in [2.45, 2.75) is 23.2 Å². The van der Waals surface area contributed by atoms with Crippen molar-refractivity contribution in [2.75, 3.05) is 0 Å². The molecule has 8 heteroatoms. The lowest BCUT2D eigenvalue weighted by molar-refractivity contribution is -0.137. The maximum absolute atomic E-state index is 12.4. The molecule has 2 N–H and O–H groups in total. The highest BCUT2D eigenvalue weighted by Crippen LogP contribution is 2.31. The molecule has 1 rings (SSSR count). The number of hydrogen-bond acceptors (Lipinski definition) is 3. The normalized spacial score (nSPS) is 14.2. The number of halogens is 3. The van der Waals surface area contributed by atoms with Gasteiger partial charge in [-0.2, -0.15) is 13.2 Å². The van der Waals surface area contributed by atoms with E-state index in [0.29, 0.717) is 6.07 Å². The summed E-state index contributed by atoms with van der Waals surface area (Å²) in [6, 6.07) is 3.18. The molecule has 0 spiro atoms. The standard InChI is InChI=1S/C10H10F3NO3S/c1-6(9(14)15)18(16,17)8-4-2-3-7(5-8)10(11,12)13/h2-6H,1H3,(H2,14,15). The van der Waals surface area contributed by atoms with Gasteiger partial charge in [0.2, 0.25) is 5.91 Å². The van der Waals surface area contributed by atoms with E-state index in [-0.39, 0.29) is 0 Å². The number of hydrogen-bond donors (Lipinski definition) is 1. The first-order chi connectivity index (χ1) is 8.06. The second-order valence-electron chi connectivity index (χ2n) is 3.62. The van der Waals surface area contributed by atoms with Gasteiger partial charge in [0.25, 0.3) is 0 Å². The topological polar surface area (TPSA) is 77.2 Å². The maximum atomic E-state index is 12.4. The number of amides is 1. The van der Waals surface area contributed by atoms with Crippen molar-refractivity contribution in [3.63, 3.8) is 0 Å². The molecule has 0 bridgehead atoms. The van der Waals surface area contributed by atoms with E-state index in [1.807, 2.05) is 0 Å². The van der Waals surface area contributed by atoms with Crippen LogP contribution in [0.3, 0.4) is 0 Å². The van der Waals surface area contributed by atoms with E-state index in [4.69, 9.17) is 5.73 Å². The van der Waals surface area contributed by atoms with Gasteiger partial charge in [0.05, 0.1) is 10.5 Å². The molecular formula is C10H10F3NO3S. The first-order valence-corrected chi connectivity index (χ1v) is 6.32. The predicted octanol–water partition coefficient (Wildman–Crippen LogP) is 1.35. The molecule has 1 unspecified atom stereocenters. The van der Waals surface area contributed by atoms with Gasteiger partial charge in [-0.25, -0.2) is 8.42 Å². The van der Waals surface area contributed by atoms with E-state index in [9.17, 15) is 26.4 Å². The van der Waals surface area contributed by atoms with Gasteiger partial charge in [-0.15, -0.1) is 0 Å². The summed E-state index contributed by atoms with van der Waals surface area (Å²) in [6.45, 7) is 1.03. The van der Waals surface area contributed by atoms with Gasteiger partial charge in [0.15, 0.2) is 9.84 Å². The van der Waals surface area contributed by atoms with Crippen LogP contribution in [0.1, 0.15) is 12.5 Å². The minimum atomic E-state index is -4.65. The number of benzene rings is 1. The summed E-state index contributed by atoms with van der Waals surface area (Å²) in [6.07, 6.45) is -4.65. The number of carbonyl (C=O) groups excluding carboxylic acids is 1. The van der Waals surface area contributed by atoms with E-state index in [1.54, 1.807) is 0 Å². The second kappa shape index (κ2) is 4.60. The Hall–Kier alpha value is -1.57. The quantitative estimate of drug-likeness (QED) is 0.908. The third-order valence-corrected chi connectivity index (χ3v) is 4.43. The number of carbonyl (C=O) groups is 1. The molecule has 0 aromatic heterocycles. The van der Waals surface area contributed by atoms with Crippen LogP contribution < -0.4 is 5.73 Å². The third kappa shape index (κ3) is 2.81.